The van der Waals surface area contributed by atoms with Gasteiger partial charge in [-0.15, -0.1) is 0 Å². The average Bonchev–Trinajstić information content (AvgIpc) is 3.32. The normalized spacial score (nSPS) is 12.2. The summed E-state index contributed by atoms with van der Waals surface area (Å²) in [6, 6.07) is 18.4. The van der Waals surface area contributed by atoms with Crippen LogP contribution in [-0.4, -0.2) is 42.7 Å². The predicted molar refractivity (Wildman–Crippen MR) is 153 cm³/mol. The maximum Gasteiger partial charge on any atom is 0.267 e. The van der Waals surface area contributed by atoms with Crippen molar-refractivity contribution >= 4 is 44.0 Å². The van der Waals surface area contributed by atoms with Gasteiger partial charge in [0, 0.05) is 28.9 Å². The summed E-state index contributed by atoms with van der Waals surface area (Å²) in [4.78, 5) is 31.3. The molecule has 0 fully saturated rings. The summed E-state index contributed by atoms with van der Waals surface area (Å²) < 4.78 is 24.0. The number of amides is 1. The van der Waals surface area contributed by atoms with Crippen LogP contribution in [0.1, 0.15) is 12.5 Å². The van der Waals surface area contributed by atoms with Gasteiger partial charge in [0.15, 0.2) is 17.6 Å². The first-order valence-corrected chi connectivity index (χ1v) is 12.8. The fourth-order valence-electron chi connectivity index (χ4n) is 5.25. The van der Waals surface area contributed by atoms with Crippen LogP contribution >= 0.6 is 0 Å². The molecule has 0 saturated carbocycles. The summed E-state index contributed by atoms with van der Waals surface area (Å²) in [5, 5.41) is 5.65. The Morgan fingerprint density at radius 1 is 0.925 bits per heavy atom. The van der Waals surface area contributed by atoms with Crippen molar-refractivity contribution in [3.8, 4) is 23.0 Å². The fourth-order valence-corrected chi connectivity index (χ4v) is 5.25. The van der Waals surface area contributed by atoms with E-state index < -0.39 is 6.10 Å². The third-order valence-electron chi connectivity index (χ3n) is 7.15. The molecule has 9 heteroatoms. The van der Waals surface area contributed by atoms with Gasteiger partial charge >= 0.3 is 0 Å². The summed E-state index contributed by atoms with van der Waals surface area (Å²) in [5.41, 5.74) is 2.78. The predicted octanol–water partition coefficient (Wildman–Crippen LogP) is 4.70. The number of hydrogen-bond donors (Lipinski definition) is 1. The van der Waals surface area contributed by atoms with Crippen molar-refractivity contribution in [2.75, 3.05) is 21.3 Å². The number of ether oxygens (including phenoxy) is 4. The Hall–Kier alpha value is -5.05. The molecule has 0 unspecified atom stereocenters. The van der Waals surface area contributed by atoms with Gasteiger partial charge in [0.1, 0.15) is 11.5 Å². The number of hydrogen-bond acceptors (Lipinski definition) is 7. The van der Waals surface area contributed by atoms with Gasteiger partial charge in [-0.25, -0.2) is 0 Å². The quantitative estimate of drug-likeness (QED) is 0.281. The molecule has 3 aromatic carbocycles. The maximum absolute atomic E-state index is 13.9. The van der Waals surface area contributed by atoms with Crippen molar-refractivity contribution in [1.82, 2.24) is 14.7 Å². The van der Waals surface area contributed by atoms with Gasteiger partial charge < -0.3 is 24.3 Å². The molecule has 6 rings (SSSR count). The van der Waals surface area contributed by atoms with Crippen molar-refractivity contribution in [2.24, 2.45) is 0 Å². The number of aromatic nitrogens is 2. The zero-order valence-electron chi connectivity index (χ0n) is 22.5. The summed E-state index contributed by atoms with van der Waals surface area (Å²) >= 11 is 0. The minimum atomic E-state index is -0.744. The third-order valence-corrected chi connectivity index (χ3v) is 7.15. The second-order valence-corrected chi connectivity index (χ2v) is 9.43. The number of pyridine rings is 2. The highest BCUT2D eigenvalue weighted by Gasteiger charge is 2.23. The molecule has 3 heterocycles. The Balaban J connectivity index is 1.38. The minimum absolute atomic E-state index is 0.231. The molecule has 0 spiro atoms. The highest BCUT2D eigenvalue weighted by molar-refractivity contribution is 6.19. The Labute approximate surface area is 229 Å². The van der Waals surface area contributed by atoms with E-state index in [4.69, 9.17) is 18.9 Å². The van der Waals surface area contributed by atoms with Crippen LogP contribution < -0.4 is 29.8 Å². The highest BCUT2D eigenvalue weighted by atomic mass is 16.5. The largest absolute Gasteiger partial charge is 0.497 e. The molecule has 9 nitrogen and oxygen atoms in total. The van der Waals surface area contributed by atoms with Gasteiger partial charge in [-0.05, 0) is 61.0 Å². The van der Waals surface area contributed by atoms with Gasteiger partial charge in [-0.2, -0.15) is 0 Å². The van der Waals surface area contributed by atoms with Crippen molar-refractivity contribution in [2.45, 2.75) is 19.6 Å². The van der Waals surface area contributed by atoms with E-state index in [9.17, 15) is 9.59 Å². The number of carbonyl (C=O) groups is 1. The second-order valence-electron chi connectivity index (χ2n) is 9.43. The molecule has 0 aliphatic carbocycles. The highest BCUT2D eigenvalue weighted by Crippen LogP contribution is 2.39. The molecule has 1 atom stereocenters. The number of fused-ring (bicyclic) bond motifs is 5. The van der Waals surface area contributed by atoms with Crippen molar-refractivity contribution < 1.29 is 23.7 Å². The summed E-state index contributed by atoms with van der Waals surface area (Å²) in [6.45, 7) is 2.05. The van der Waals surface area contributed by atoms with E-state index in [2.05, 4.69) is 10.3 Å². The van der Waals surface area contributed by atoms with Crippen molar-refractivity contribution in [1.29, 1.82) is 0 Å². The van der Waals surface area contributed by atoms with Crippen LogP contribution in [-0.2, 0) is 11.3 Å². The zero-order valence-corrected chi connectivity index (χ0v) is 22.5. The molecule has 1 amide bonds. The minimum Gasteiger partial charge on any atom is -0.497 e. The van der Waals surface area contributed by atoms with E-state index in [-0.39, 0.29) is 11.5 Å². The smallest absolute Gasteiger partial charge is 0.267 e. The van der Waals surface area contributed by atoms with Gasteiger partial charge in [0.05, 0.1) is 43.3 Å². The van der Waals surface area contributed by atoms with Crippen LogP contribution in [0.5, 0.6) is 23.0 Å². The molecule has 0 aliphatic rings. The van der Waals surface area contributed by atoms with Gasteiger partial charge in [0.2, 0.25) is 0 Å². The topological polar surface area (TPSA) is 100 Å². The lowest BCUT2D eigenvalue weighted by Gasteiger charge is -2.15. The summed E-state index contributed by atoms with van der Waals surface area (Å²) in [7, 11) is 4.65. The molecule has 1 N–H and O–H groups in total. The monoisotopic (exact) mass is 537 g/mol. The Morgan fingerprint density at radius 3 is 2.55 bits per heavy atom. The lowest BCUT2D eigenvalue weighted by Crippen LogP contribution is -2.35. The molecule has 3 aromatic heterocycles. The van der Waals surface area contributed by atoms with Crippen LogP contribution in [0.3, 0.4) is 0 Å². The molecule has 202 valence electrons. The molecule has 6 aromatic rings. The van der Waals surface area contributed by atoms with Gasteiger partial charge in [0.25, 0.3) is 11.5 Å². The number of nitrogens with one attached hydrogen (secondary N) is 1. The SMILES string of the molecule is COc1cccc(CNC(=O)[C@H](C)Oc2ccc3c(c2)c2ccnc4c5ccc(OC)c(OC)c5c(=O)n3c24)c1. The molecular weight excluding hydrogens is 510 g/mol. The Kier molecular flexibility index (Phi) is 6.26. The molecule has 40 heavy (non-hydrogen) atoms. The van der Waals surface area contributed by atoms with E-state index >= 15 is 0 Å². The maximum atomic E-state index is 13.9. The number of nitrogens with zero attached hydrogens (tertiary/aromatic N) is 2. The first-order valence-electron chi connectivity index (χ1n) is 12.8. The summed E-state index contributed by atoms with van der Waals surface area (Å²) in [5.74, 6) is 1.82. The number of methoxy groups -OCH3 is 3. The molecule has 0 aliphatic heterocycles. The van der Waals surface area contributed by atoms with Crippen LogP contribution in [0, 0.1) is 0 Å². The Morgan fingerprint density at radius 2 is 1.77 bits per heavy atom. The number of carbonyl (C=O) groups excluding carboxylic acids is 1. The first-order chi connectivity index (χ1) is 19.4. The van der Waals surface area contributed by atoms with Crippen LogP contribution in [0.25, 0.3) is 38.1 Å². The fraction of sp³-hybridized carbons (Fsp3) is 0.194. The third kappa shape index (κ3) is 3.98. The molecule has 0 radical (unpaired) electrons. The van der Waals surface area contributed by atoms with E-state index in [0.29, 0.717) is 51.1 Å². The summed E-state index contributed by atoms with van der Waals surface area (Å²) in [6.07, 6.45) is 0.979. The standard InChI is InChI=1S/C31H27N3O6/c1-17(30(35)33-16-18-6-5-7-19(14-18)37-2)40-20-8-10-24-23(15-20)21-12-13-32-27-22-9-11-25(38-3)29(39-4)26(22)31(36)34(24)28(21)27/h5-15,17H,16H2,1-4H3,(H,33,35)/t17-/m0/s1. The van der Waals surface area contributed by atoms with Crippen LogP contribution in [0.2, 0.25) is 0 Å². The van der Waals surface area contributed by atoms with Crippen molar-refractivity contribution in [3.05, 3.63) is 82.8 Å². The van der Waals surface area contributed by atoms with E-state index in [0.717, 1.165) is 22.1 Å². The van der Waals surface area contributed by atoms with E-state index in [1.807, 2.05) is 48.5 Å². The van der Waals surface area contributed by atoms with Crippen molar-refractivity contribution in [3.63, 3.8) is 0 Å². The number of rotatable bonds is 8. The lowest BCUT2D eigenvalue weighted by atomic mass is 10.1. The van der Waals surface area contributed by atoms with E-state index in [1.54, 1.807) is 36.8 Å². The zero-order chi connectivity index (χ0) is 28.0. The number of benzene rings is 3. The van der Waals surface area contributed by atoms with Crippen LogP contribution in [0.4, 0.5) is 0 Å². The average molecular weight is 538 g/mol. The van der Waals surface area contributed by atoms with E-state index in [1.165, 1.54) is 14.2 Å². The molecule has 0 saturated heterocycles. The van der Waals surface area contributed by atoms with Gasteiger partial charge in [-0.3, -0.25) is 19.0 Å². The Bertz CT molecular complexity index is 1970. The molecular formula is C31H27N3O6. The lowest BCUT2D eigenvalue weighted by molar-refractivity contribution is -0.127. The second kappa shape index (κ2) is 9.92. The van der Waals surface area contributed by atoms with Gasteiger partial charge in [-0.1, -0.05) is 12.1 Å². The van der Waals surface area contributed by atoms with Crippen LogP contribution in [0.15, 0.2) is 71.7 Å². The molecule has 0 bridgehead atoms. The first kappa shape index (κ1) is 25.2.